The molecule has 1 aliphatic heterocycles. The van der Waals surface area contributed by atoms with Crippen molar-refractivity contribution < 1.29 is 14.3 Å². The van der Waals surface area contributed by atoms with Crippen LogP contribution in [0, 0.1) is 0 Å². The number of fused-ring (bicyclic) bond motifs is 1. The van der Waals surface area contributed by atoms with E-state index in [0.29, 0.717) is 30.0 Å². The second-order valence-electron chi connectivity index (χ2n) is 5.94. The van der Waals surface area contributed by atoms with E-state index in [0.717, 1.165) is 19.1 Å². The second kappa shape index (κ2) is 7.30. The fourth-order valence-corrected chi connectivity index (χ4v) is 2.99. The zero-order valence-corrected chi connectivity index (χ0v) is 13.8. The number of aryl methyl sites for hydroxylation is 1. The summed E-state index contributed by atoms with van der Waals surface area (Å²) in [7, 11) is 0. The summed E-state index contributed by atoms with van der Waals surface area (Å²) in [5.74, 6) is 0.646. The van der Waals surface area contributed by atoms with Gasteiger partial charge in [-0.2, -0.15) is 0 Å². The first-order valence-electron chi connectivity index (χ1n) is 8.34. The van der Waals surface area contributed by atoms with Crippen LogP contribution in [-0.2, 0) is 11.2 Å². The number of rotatable bonds is 6. The quantitative estimate of drug-likeness (QED) is 0.763. The minimum Gasteiger partial charge on any atom is -0.478 e. The Morgan fingerprint density at radius 2 is 1.96 bits per heavy atom. The van der Waals surface area contributed by atoms with E-state index in [1.165, 1.54) is 5.56 Å². The lowest BCUT2D eigenvalue weighted by molar-refractivity contribution is -0.126. The lowest BCUT2D eigenvalue weighted by atomic mass is 10.1. The maximum atomic E-state index is 12.7. The lowest BCUT2D eigenvalue weighted by Crippen LogP contribution is -2.46. The Labute approximate surface area is 142 Å². The maximum Gasteiger partial charge on any atom is 0.268 e. The SMILES string of the molecule is CCC1Oc2ccc(C=O)cc2N(CCCc2ccccc2)C1=O. The first-order valence-corrected chi connectivity index (χ1v) is 8.34. The van der Waals surface area contributed by atoms with Crippen LogP contribution in [0.3, 0.4) is 0 Å². The van der Waals surface area contributed by atoms with Gasteiger partial charge in [0.25, 0.3) is 5.91 Å². The van der Waals surface area contributed by atoms with E-state index in [4.69, 9.17) is 4.74 Å². The van der Waals surface area contributed by atoms with Gasteiger partial charge in [0.05, 0.1) is 5.69 Å². The molecule has 1 unspecified atom stereocenters. The summed E-state index contributed by atoms with van der Waals surface area (Å²) < 4.78 is 5.78. The molecule has 0 bridgehead atoms. The van der Waals surface area contributed by atoms with Gasteiger partial charge in [-0.05, 0) is 43.0 Å². The van der Waals surface area contributed by atoms with Crippen molar-refractivity contribution in [3.63, 3.8) is 0 Å². The molecule has 24 heavy (non-hydrogen) atoms. The fourth-order valence-electron chi connectivity index (χ4n) is 2.99. The van der Waals surface area contributed by atoms with Crippen LogP contribution >= 0.6 is 0 Å². The highest BCUT2D eigenvalue weighted by Crippen LogP contribution is 2.35. The van der Waals surface area contributed by atoms with Crippen LogP contribution in [0.5, 0.6) is 5.75 Å². The number of hydrogen-bond donors (Lipinski definition) is 0. The number of aldehydes is 1. The third-order valence-corrected chi connectivity index (χ3v) is 4.28. The van der Waals surface area contributed by atoms with Crippen molar-refractivity contribution in [2.24, 2.45) is 0 Å². The van der Waals surface area contributed by atoms with Crippen LogP contribution in [0.4, 0.5) is 5.69 Å². The zero-order valence-electron chi connectivity index (χ0n) is 13.8. The molecule has 124 valence electrons. The molecule has 0 aromatic heterocycles. The first-order chi connectivity index (χ1) is 11.7. The minimum absolute atomic E-state index is 0.0267. The van der Waals surface area contributed by atoms with Crippen LogP contribution in [0.25, 0.3) is 0 Å². The van der Waals surface area contributed by atoms with Gasteiger partial charge in [-0.3, -0.25) is 9.59 Å². The van der Waals surface area contributed by atoms with E-state index in [-0.39, 0.29) is 5.91 Å². The molecule has 0 saturated carbocycles. The van der Waals surface area contributed by atoms with Crippen LogP contribution in [0.2, 0.25) is 0 Å². The summed E-state index contributed by atoms with van der Waals surface area (Å²) in [6, 6.07) is 15.5. The second-order valence-corrected chi connectivity index (χ2v) is 5.94. The number of amides is 1. The van der Waals surface area contributed by atoms with E-state index in [1.807, 2.05) is 25.1 Å². The molecule has 1 heterocycles. The van der Waals surface area contributed by atoms with E-state index in [9.17, 15) is 9.59 Å². The van der Waals surface area contributed by atoms with Crippen molar-refractivity contribution >= 4 is 17.9 Å². The molecule has 0 spiro atoms. The van der Waals surface area contributed by atoms with Gasteiger partial charge < -0.3 is 9.64 Å². The zero-order chi connectivity index (χ0) is 16.9. The molecule has 1 atom stereocenters. The molecular weight excluding hydrogens is 302 g/mol. The summed E-state index contributed by atoms with van der Waals surface area (Å²) in [5, 5.41) is 0. The predicted molar refractivity (Wildman–Crippen MR) is 93.7 cm³/mol. The molecule has 4 heteroatoms. The largest absolute Gasteiger partial charge is 0.478 e. The van der Waals surface area contributed by atoms with Crippen molar-refractivity contribution in [3.8, 4) is 5.75 Å². The molecule has 0 N–H and O–H groups in total. The number of hydrogen-bond acceptors (Lipinski definition) is 3. The van der Waals surface area contributed by atoms with Gasteiger partial charge in [-0.15, -0.1) is 0 Å². The highest BCUT2D eigenvalue weighted by atomic mass is 16.5. The van der Waals surface area contributed by atoms with E-state index in [1.54, 1.807) is 23.1 Å². The molecule has 1 aliphatic rings. The number of carbonyl (C=O) groups excluding carboxylic acids is 2. The van der Waals surface area contributed by atoms with Crippen LogP contribution in [-0.4, -0.2) is 24.8 Å². The Bertz CT molecular complexity index is 727. The lowest BCUT2D eigenvalue weighted by Gasteiger charge is -2.34. The van der Waals surface area contributed by atoms with E-state index in [2.05, 4.69) is 12.1 Å². The third kappa shape index (κ3) is 3.32. The Kier molecular flexibility index (Phi) is 4.94. The molecule has 0 radical (unpaired) electrons. The molecule has 0 fully saturated rings. The molecule has 2 aromatic rings. The van der Waals surface area contributed by atoms with Crippen molar-refractivity contribution in [1.29, 1.82) is 0 Å². The van der Waals surface area contributed by atoms with Crippen molar-refractivity contribution in [1.82, 2.24) is 0 Å². The monoisotopic (exact) mass is 323 g/mol. The van der Waals surface area contributed by atoms with Crippen LogP contribution < -0.4 is 9.64 Å². The predicted octanol–water partition coefficient (Wildman–Crippen LogP) is 3.64. The standard InChI is InChI=1S/C20H21NO3/c1-2-18-20(23)21(12-6-9-15-7-4-3-5-8-15)17-13-16(14-22)10-11-19(17)24-18/h3-5,7-8,10-11,13-14,18H,2,6,9,12H2,1H3. The Morgan fingerprint density at radius 1 is 1.17 bits per heavy atom. The van der Waals surface area contributed by atoms with Crippen molar-refractivity contribution in [2.45, 2.75) is 32.3 Å². The molecule has 4 nitrogen and oxygen atoms in total. The summed E-state index contributed by atoms with van der Waals surface area (Å²) >= 11 is 0. The topological polar surface area (TPSA) is 46.6 Å². The molecule has 2 aromatic carbocycles. The van der Waals surface area contributed by atoms with Gasteiger partial charge in [-0.25, -0.2) is 0 Å². The van der Waals surface area contributed by atoms with Gasteiger partial charge in [0.2, 0.25) is 0 Å². The molecule has 0 saturated heterocycles. The highest BCUT2D eigenvalue weighted by molar-refractivity contribution is 6.00. The Morgan fingerprint density at radius 3 is 2.67 bits per heavy atom. The Hall–Kier alpha value is -2.62. The van der Waals surface area contributed by atoms with Gasteiger partial charge in [0, 0.05) is 12.1 Å². The first kappa shape index (κ1) is 16.2. The molecule has 0 aliphatic carbocycles. The van der Waals surface area contributed by atoms with E-state index < -0.39 is 6.10 Å². The summed E-state index contributed by atoms with van der Waals surface area (Å²) in [4.78, 5) is 25.5. The van der Waals surface area contributed by atoms with Gasteiger partial charge in [0.1, 0.15) is 12.0 Å². The maximum absolute atomic E-state index is 12.7. The third-order valence-electron chi connectivity index (χ3n) is 4.28. The number of nitrogens with zero attached hydrogens (tertiary/aromatic N) is 1. The highest BCUT2D eigenvalue weighted by Gasteiger charge is 2.33. The molecular formula is C20H21NO3. The number of ether oxygens (including phenoxy) is 1. The summed E-state index contributed by atoms with van der Waals surface area (Å²) in [6.45, 7) is 2.55. The Balaban J connectivity index is 1.79. The van der Waals surface area contributed by atoms with Crippen LogP contribution in [0.1, 0.15) is 35.7 Å². The average molecular weight is 323 g/mol. The molecule has 1 amide bonds. The van der Waals surface area contributed by atoms with Crippen molar-refractivity contribution in [2.75, 3.05) is 11.4 Å². The van der Waals surface area contributed by atoms with Gasteiger partial charge in [-0.1, -0.05) is 37.3 Å². The minimum atomic E-state index is -0.448. The summed E-state index contributed by atoms with van der Waals surface area (Å²) in [6.07, 6.45) is 2.74. The van der Waals surface area contributed by atoms with Crippen LogP contribution in [0.15, 0.2) is 48.5 Å². The fraction of sp³-hybridized carbons (Fsp3) is 0.300. The van der Waals surface area contributed by atoms with Gasteiger partial charge in [0.15, 0.2) is 6.10 Å². The smallest absolute Gasteiger partial charge is 0.268 e. The number of anilines is 1. The van der Waals surface area contributed by atoms with Crippen molar-refractivity contribution in [3.05, 3.63) is 59.7 Å². The van der Waals surface area contributed by atoms with Gasteiger partial charge >= 0.3 is 0 Å². The number of benzene rings is 2. The molecule has 3 rings (SSSR count). The average Bonchev–Trinajstić information content (AvgIpc) is 2.63. The normalized spacial score (nSPS) is 16.5. The number of carbonyl (C=O) groups is 2. The summed E-state index contributed by atoms with van der Waals surface area (Å²) in [5.41, 5.74) is 2.50. The van der Waals surface area contributed by atoms with E-state index >= 15 is 0 Å².